The second-order valence-electron chi connectivity index (χ2n) is 6.40. The van der Waals surface area contributed by atoms with Gasteiger partial charge in [0.15, 0.2) is 0 Å². The van der Waals surface area contributed by atoms with Gasteiger partial charge >= 0.3 is 0 Å². The van der Waals surface area contributed by atoms with Crippen LogP contribution in [-0.4, -0.2) is 39.1 Å². The van der Waals surface area contributed by atoms with E-state index in [0.717, 1.165) is 30.6 Å². The summed E-state index contributed by atoms with van der Waals surface area (Å²) in [6.07, 6.45) is 4.99. The maximum atomic E-state index is 13.5. The monoisotopic (exact) mass is 343 g/mol. The van der Waals surface area contributed by atoms with Crippen LogP contribution in [0.1, 0.15) is 12.0 Å². The average Bonchev–Trinajstić information content (AvgIpc) is 3.22. The molecule has 0 amide bonds. The topological polar surface area (TPSA) is 62.7 Å². The van der Waals surface area contributed by atoms with Gasteiger partial charge in [-0.15, -0.1) is 0 Å². The number of nitrogens with zero attached hydrogens (tertiary/aromatic N) is 3. The van der Waals surface area contributed by atoms with Crippen LogP contribution < -0.4 is 13.9 Å². The molecule has 0 radical (unpaired) electrons. The Bertz CT molecular complexity index is 928. The van der Waals surface area contributed by atoms with Crippen molar-refractivity contribution >= 4 is 21.4 Å². The van der Waals surface area contributed by atoms with Crippen molar-refractivity contribution < 1.29 is 13.2 Å². The molecule has 0 aliphatic carbocycles. The predicted molar refractivity (Wildman–Crippen MR) is 90.2 cm³/mol. The zero-order chi connectivity index (χ0) is 16.3. The van der Waals surface area contributed by atoms with Gasteiger partial charge in [-0.05, 0) is 24.1 Å². The fourth-order valence-corrected chi connectivity index (χ4v) is 5.84. The van der Waals surface area contributed by atoms with Crippen LogP contribution in [0.5, 0.6) is 5.75 Å². The number of benzene rings is 1. The van der Waals surface area contributed by atoms with Gasteiger partial charge in [0, 0.05) is 25.7 Å². The van der Waals surface area contributed by atoms with Crippen molar-refractivity contribution in [2.75, 3.05) is 28.9 Å². The SMILES string of the molecule is O=S(=O)(c1cccc2c1OCC2)N1c2ccncc2N2CCC1C2. The molecular formula is C17H17N3O3S. The second-order valence-corrected chi connectivity index (χ2v) is 8.18. The molecular weight excluding hydrogens is 326 g/mol. The van der Waals surface area contributed by atoms with E-state index in [2.05, 4.69) is 9.88 Å². The number of rotatable bonds is 2. The van der Waals surface area contributed by atoms with Crippen molar-refractivity contribution in [2.24, 2.45) is 0 Å². The summed E-state index contributed by atoms with van der Waals surface area (Å²) in [5.74, 6) is 0.522. The van der Waals surface area contributed by atoms with Crippen LogP contribution in [-0.2, 0) is 16.4 Å². The minimum Gasteiger partial charge on any atom is -0.492 e. The number of sulfonamides is 1. The van der Waals surface area contributed by atoms with E-state index >= 15 is 0 Å². The molecule has 0 saturated carbocycles. The summed E-state index contributed by atoms with van der Waals surface area (Å²) in [6.45, 7) is 2.12. The quantitative estimate of drug-likeness (QED) is 0.832. The molecule has 24 heavy (non-hydrogen) atoms. The standard InChI is InChI=1S/C17H17N3O3S/c21-24(22,16-3-1-2-12-6-9-23-17(12)16)20-13-5-8-19(11-13)15-10-18-7-4-14(15)20/h1-4,7,10,13H,5-6,8-9,11H2. The van der Waals surface area contributed by atoms with Gasteiger partial charge in [-0.2, -0.15) is 0 Å². The third-order valence-electron chi connectivity index (χ3n) is 5.07. The van der Waals surface area contributed by atoms with Gasteiger partial charge in [0.25, 0.3) is 10.0 Å². The van der Waals surface area contributed by atoms with E-state index in [1.807, 2.05) is 6.07 Å². The van der Waals surface area contributed by atoms with Crippen LogP contribution in [0.2, 0.25) is 0 Å². The third-order valence-corrected chi connectivity index (χ3v) is 6.96. The molecule has 1 atom stereocenters. The van der Waals surface area contributed by atoms with E-state index in [-0.39, 0.29) is 10.9 Å². The van der Waals surface area contributed by atoms with Crippen LogP contribution in [0.3, 0.4) is 0 Å². The van der Waals surface area contributed by atoms with Crippen LogP contribution in [0.25, 0.3) is 0 Å². The minimum atomic E-state index is -3.68. The van der Waals surface area contributed by atoms with Gasteiger partial charge in [0.05, 0.1) is 30.2 Å². The lowest BCUT2D eigenvalue weighted by Gasteiger charge is -2.37. The Morgan fingerprint density at radius 3 is 3.04 bits per heavy atom. The summed E-state index contributed by atoms with van der Waals surface area (Å²) < 4.78 is 34.2. The van der Waals surface area contributed by atoms with Crippen LogP contribution in [0, 0.1) is 0 Å². The Kier molecular flexibility index (Phi) is 2.85. The van der Waals surface area contributed by atoms with Crippen LogP contribution in [0.4, 0.5) is 11.4 Å². The van der Waals surface area contributed by atoms with E-state index in [1.54, 1.807) is 34.9 Å². The van der Waals surface area contributed by atoms with Crippen LogP contribution >= 0.6 is 0 Å². The van der Waals surface area contributed by atoms with Crippen molar-refractivity contribution in [3.8, 4) is 5.75 Å². The lowest BCUT2D eigenvalue weighted by Crippen LogP contribution is -2.45. The number of hydrogen-bond acceptors (Lipinski definition) is 5. The van der Waals surface area contributed by atoms with Crippen molar-refractivity contribution in [3.63, 3.8) is 0 Å². The van der Waals surface area contributed by atoms with Gasteiger partial charge < -0.3 is 9.64 Å². The average molecular weight is 343 g/mol. The Hall–Kier alpha value is -2.28. The van der Waals surface area contributed by atoms with Crippen molar-refractivity contribution in [2.45, 2.75) is 23.8 Å². The van der Waals surface area contributed by atoms with Crippen molar-refractivity contribution in [3.05, 3.63) is 42.2 Å². The van der Waals surface area contributed by atoms with E-state index in [4.69, 9.17) is 4.74 Å². The maximum Gasteiger partial charge on any atom is 0.268 e. The fraction of sp³-hybridized carbons (Fsp3) is 0.353. The highest BCUT2D eigenvalue weighted by Gasteiger charge is 2.43. The van der Waals surface area contributed by atoms with Gasteiger partial charge in [0.2, 0.25) is 0 Å². The molecule has 2 aromatic rings. The summed E-state index contributed by atoms with van der Waals surface area (Å²) in [6, 6.07) is 7.15. The number of aromatic nitrogens is 1. The molecule has 1 aromatic heterocycles. The number of hydrogen-bond donors (Lipinski definition) is 0. The number of pyridine rings is 1. The largest absolute Gasteiger partial charge is 0.492 e. The van der Waals surface area contributed by atoms with Gasteiger partial charge in [-0.3, -0.25) is 9.29 Å². The summed E-state index contributed by atoms with van der Waals surface area (Å²) >= 11 is 0. The Balaban J connectivity index is 1.70. The lowest BCUT2D eigenvalue weighted by atomic mass is 10.2. The molecule has 0 spiro atoms. The highest BCUT2D eigenvalue weighted by molar-refractivity contribution is 7.93. The van der Waals surface area contributed by atoms with E-state index in [9.17, 15) is 8.42 Å². The number of para-hydroxylation sites is 1. The first-order chi connectivity index (χ1) is 11.7. The molecule has 124 valence electrons. The molecule has 3 aliphatic heterocycles. The zero-order valence-corrected chi connectivity index (χ0v) is 13.9. The van der Waals surface area contributed by atoms with Crippen molar-refractivity contribution in [1.29, 1.82) is 0 Å². The molecule has 2 bridgehead atoms. The molecule has 4 heterocycles. The first-order valence-corrected chi connectivity index (χ1v) is 9.58. The smallest absolute Gasteiger partial charge is 0.268 e. The normalized spacial score (nSPS) is 21.4. The minimum absolute atomic E-state index is 0.0397. The highest BCUT2D eigenvalue weighted by Crippen LogP contribution is 2.44. The molecule has 0 N–H and O–H groups in total. The van der Waals surface area contributed by atoms with E-state index in [0.29, 0.717) is 24.6 Å². The van der Waals surface area contributed by atoms with Crippen molar-refractivity contribution in [1.82, 2.24) is 4.98 Å². The molecule has 1 aromatic carbocycles. The molecule has 3 aliphatic rings. The number of fused-ring (bicyclic) bond motifs is 5. The van der Waals surface area contributed by atoms with Gasteiger partial charge in [-0.25, -0.2) is 8.42 Å². The fourth-order valence-electron chi connectivity index (χ4n) is 3.98. The number of anilines is 2. The summed E-state index contributed by atoms with van der Waals surface area (Å²) in [5.41, 5.74) is 2.58. The third kappa shape index (κ3) is 1.81. The summed E-state index contributed by atoms with van der Waals surface area (Å²) in [7, 11) is -3.68. The molecule has 5 rings (SSSR count). The molecule has 1 unspecified atom stereocenters. The Morgan fingerprint density at radius 1 is 1.21 bits per heavy atom. The highest BCUT2D eigenvalue weighted by atomic mass is 32.2. The maximum absolute atomic E-state index is 13.5. The van der Waals surface area contributed by atoms with Gasteiger partial charge in [-0.1, -0.05) is 12.1 Å². The Morgan fingerprint density at radius 2 is 2.12 bits per heavy atom. The van der Waals surface area contributed by atoms with E-state index < -0.39 is 10.0 Å². The zero-order valence-electron chi connectivity index (χ0n) is 13.1. The van der Waals surface area contributed by atoms with Crippen LogP contribution in [0.15, 0.2) is 41.6 Å². The first kappa shape index (κ1) is 14.1. The first-order valence-electron chi connectivity index (χ1n) is 8.14. The second kappa shape index (κ2) is 4.86. The Labute approximate surface area is 140 Å². The van der Waals surface area contributed by atoms with E-state index in [1.165, 1.54) is 0 Å². The molecule has 6 nitrogen and oxygen atoms in total. The molecule has 1 saturated heterocycles. The lowest BCUT2D eigenvalue weighted by molar-refractivity contribution is 0.348. The van der Waals surface area contributed by atoms with Gasteiger partial charge in [0.1, 0.15) is 10.6 Å². The molecule has 7 heteroatoms. The summed E-state index contributed by atoms with van der Waals surface area (Å²) in [4.78, 5) is 6.67. The number of ether oxygens (including phenoxy) is 1. The molecule has 1 fully saturated rings. The predicted octanol–water partition coefficient (Wildman–Crippen LogP) is 1.80. The summed E-state index contributed by atoms with van der Waals surface area (Å²) in [5, 5.41) is 0.